The average molecular weight is 235 g/mol. The number of rotatable bonds is 4. The van der Waals surface area contributed by atoms with Gasteiger partial charge in [0.15, 0.2) is 0 Å². The first-order valence-corrected chi connectivity index (χ1v) is 5.42. The molecule has 0 aromatic heterocycles. The maximum absolute atomic E-state index is 11.3. The van der Waals surface area contributed by atoms with Gasteiger partial charge in [-0.1, -0.05) is 13.8 Å². The first-order valence-electron chi connectivity index (χ1n) is 5.42. The molecule has 1 aromatic rings. The Morgan fingerprint density at radius 3 is 2.53 bits per heavy atom. The van der Waals surface area contributed by atoms with Gasteiger partial charge in [-0.05, 0) is 29.7 Å². The Bertz CT molecular complexity index is 427. The number of benzene rings is 1. The second-order valence-electron chi connectivity index (χ2n) is 4.10. The quantitative estimate of drug-likeness (QED) is 0.592. The number of carbonyl (C=O) groups is 2. The van der Waals surface area contributed by atoms with Crippen LogP contribution < -0.4 is 9.64 Å². The average Bonchev–Trinajstić information content (AvgIpc) is 2.35. The van der Waals surface area contributed by atoms with Gasteiger partial charge in [0.2, 0.25) is 6.29 Å². The van der Waals surface area contributed by atoms with Crippen LogP contribution in [0.15, 0.2) is 18.2 Å². The summed E-state index contributed by atoms with van der Waals surface area (Å²) in [6.45, 7) is 4.09. The molecule has 0 aliphatic rings. The highest BCUT2D eigenvalue weighted by Gasteiger charge is 2.13. The highest BCUT2D eigenvalue weighted by Crippen LogP contribution is 2.30. The lowest BCUT2D eigenvalue weighted by molar-refractivity contribution is -0.129. The van der Waals surface area contributed by atoms with Gasteiger partial charge in [-0.25, -0.2) is 0 Å². The molecule has 0 aliphatic carbocycles. The number of carbonyl (C=O) groups excluding carboxylic acids is 2. The summed E-state index contributed by atoms with van der Waals surface area (Å²) >= 11 is 0. The molecule has 0 spiro atoms. The van der Waals surface area contributed by atoms with Gasteiger partial charge in [-0.3, -0.25) is 9.59 Å². The molecule has 1 amide bonds. The molecule has 0 heterocycles. The number of hydrogen-bond donors (Lipinski definition) is 0. The van der Waals surface area contributed by atoms with E-state index in [0.717, 1.165) is 11.3 Å². The number of likely N-dealkylation sites (N-methyl/N-ethyl adjacent to an activating group) is 1. The molecular formula is C13H17NO3. The Labute approximate surface area is 101 Å². The summed E-state index contributed by atoms with van der Waals surface area (Å²) in [5.74, 6) is 0.505. The van der Waals surface area contributed by atoms with Crippen molar-refractivity contribution in [2.45, 2.75) is 19.8 Å². The molecule has 0 saturated heterocycles. The maximum Gasteiger partial charge on any atom is 0.290 e. The SMILES string of the molecule is COc1ccc(N(C)C(=O)C=O)cc1C(C)C. The molecule has 0 atom stereocenters. The lowest BCUT2D eigenvalue weighted by Crippen LogP contribution is -2.27. The smallest absolute Gasteiger partial charge is 0.290 e. The number of anilines is 1. The molecule has 17 heavy (non-hydrogen) atoms. The minimum atomic E-state index is -0.565. The van der Waals surface area contributed by atoms with Gasteiger partial charge in [-0.2, -0.15) is 0 Å². The zero-order valence-corrected chi connectivity index (χ0v) is 10.6. The molecule has 0 fully saturated rings. The normalized spacial score (nSPS) is 10.2. The first kappa shape index (κ1) is 13.2. The van der Waals surface area contributed by atoms with Crippen LogP contribution in [0.5, 0.6) is 5.75 Å². The molecule has 1 aromatic carbocycles. The fraction of sp³-hybridized carbons (Fsp3) is 0.385. The van der Waals surface area contributed by atoms with Crippen LogP contribution in [0.3, 0.4) is 0 Å². The van der Waals surface area contributed by atoms with Gasteiger partial charge < -0.3 is 9.64 Å². The van der Waals surface area contributed by atoms with E-state index >= 15 is 0 Å². The van der Waals surface area contributed by atoms with Crippen LogP contribution >= 0.6 is 0 Å². The van der Waals surface area contributed by atoms with Crippen molar-refractivity contribution in [3.63, 3.8) is 0 Å². The number of aldehydes is 1. The highest BCUT2D eigenvalue weighted by molar-refractivity contribution is 6.30. The standard InChI is InChI=1S/C13H17NO3/c1-9(2)11-7-10(5-6-12(11)17-4)14(3)13(16)8-15/h5-9H,1-4H3. The predicted octanol–water partition coefficient (Wildman–Crippen LogP) is 1.98. The molecule has 0 radical (unpaired) electrons. The molecule has 0 saturated carbocycles. The van der Waals surface area contributed by atoms with Crippen LogP contribution in [0, 0.1) is 0 Å². The highest BCUT2D eigenvalue weighted by atomic mass is 16.5. The third-order valence-electron chi connectivity index (χ3n) is 2.65. The molecule has 0 N–H and O–H groups in total. The zero-order valence-electron chi connectivity index (χ0n) is 10.6. The molecule has 0 unspecified atom stereocenters. The van der Waals surface area contributed by atoms with Crippen LogP contribution in [-0.4, -0.2) is 26.4 Å². The molecule has 92 valence electrons. The van der Waals surface area contributed by atoms with E-state index in [4.69, 9.17) is 4.74 Å². The summed E-state index contributed by atoms with van der Waals surface area (Å²) in [5, 5.41) is 0. The summed E-state index contributed by atoms with van der Waals surface area (Å²) in [4.78, 5) is 23.0. The van der Waals surface area contributed by atoms with Crippen LogP contribution in [0.4, 0.5) is 5.69 Å². The molecule has 0 aliphatic heterocycles. The molecule has 1 rings (SSSR count). The zero-order chi connectivity index (χ0) is 13.0. The van der Waals surface area contributed by atoms with Gasteiger partial charge in [0.1, 0.15) is 5.75 Å². The van der Waals surface area contributed by atoms with Crippen molar-refractivity contribution in [2.75, 3.05) is 19.1 Å². The number of methoxy groups -OCH3 is 1. The van der Waals surface area contributed by atoms with Crippen LogP contribution in [0.1, 0.15) is 25.3 Å². The Hall–Kier alpha value is -1.84. The second kappa shape index (κ2) is 5.48. The minimum absolute atomic E-state index is 0.282. The summed E-state index contributed by atoms with van der Waals surface area (Å²) in [5.41, 5.74) is 1.70. The van der Waals surface area contributed by atoms with Crippen molar-refractivity contribution in [1.82, 2.24) is 0 Å². The Kier molecular flexibility index (Phi) is 4.26. The van der Waals surface area contributed by atoms with Gasteiger partial charge in [0.25, 0.3) is 5.91 Å². The summed E-state index contributed by atoms with van der Waals surface area (Å²) in [6.07, 6.45) is 0.305. The van der Waals surface area contributed by atoms with E-state index < -0.39 is 5.91 Å². The van der Waals surface area contributed by atoms with E-state index in [1.165, 1.54) is 4.90 Å². The molecular weight excluding hydrogens is 218 g/mol. The van der Waals surface area contributed by atoms with Gasteiger partial charge in [0, 0.05) is 12.7 Å². The van der Waals surface area contributed by atoms with Crippen LogP contribution in [0.2, 0.25) is 0 Å². The van der Waals surface area contributed by atoms with Crippen molar-refractivity contribution >= 4 is 17.9 Å². The van der Waals surface area contributed by atoms with Crippen molar-refractivity contribution in [3.8, 4) is 5.75 Å². The minimum Gasteiger partial charge on any atom is -0.496 e. The topological polar surface area (TPSA) is 46.6 Å². The van der Waals surface area contributed by atoms with E-state index in [-0.39, 0.29) is 5.92 Å². The third-order valence-corrected chi connectivity index (χ3v) is 2.65. The molecule has 4 nitrogen and oxygen atoms in total. The summed E-state index contributed by atoms with van der Waals surface area (Å²) in [6, 6.07) is 5.43. The molecule has 0 bridgehead atoms. The maximum atomic E-state index is 11.3. The monoisotopic (exact) mass is 235 g/mol. The lowest BCUT2D eigenvalue weighted by Gasteiger charge is -2.18. The van der Waals surface area contributed by atoms with E-state index in [0.29, 0.717) is 12.0 Å². The second-order valence-corrected chi connectivity index (χ2v) is 4.10. The Balaban J connectivity index is 3.16. The van der Waals surface area contributed by atoms with Crippen molar-refractivity contribution in [3.05, 3.63) is 23.8 Å². The Morgan fingerprint density at radius 2 is 2.06 bits per heavy atom. The van der Waals surface area contributed by atoms with Crippen molar-refractivity contribution in [1.29, 1.82) is 0 Å². The summed E-state index contributed by atoms with van der Waals surface area (Å²) in [7, 11) is 3.18. The number of amides is 1. The van der Waals surface area contributed by atoms with E-state index in [9.17, 15) is 9.59 Å². The first-order chi connectivity index (χ1) is 8.01. The fourth-order valence-corrected chi connectivity index (χ4v) is 1.59. The Morgan fingerprint density at radius 1 is 1.41 bits per heavy atom. The third kappa shape index (κ3) is 2.84. The summed E-state index contributed by atoms with van der Waals surface area (Å²) < 4.78 is 5.26. The fourth-order valence-electron chi connectivity index (χ4n) is 1.59. The number of hydrogen-bond acceptors (Lipinski definition) is 3. The van der Waals surface area contributed by atoms with Crippen LogP contribution in [-0.2, 0) is 9.59 Å². The van der Waals surface area contributed by atoms with Gasteiger partial charge in [0.05, 0.1) is 7.11 Å². The number of nitrogens with zero attached hydrogens (tertiary/aromatic N) is 1. The number of ether oxygens (including phenoxy) is 1. The predicted molar refractivity (Wildman–Crippen MR) is 66.6 cm³/mol. The van der Waals surface area contributed by atoms with E-state index in [1.807, 2.05) is 19.9 Å². The molecule has 4 heteroatoms. The largest absolute Gasteiger partial charge is 0.496 e. The van der Waals surface area contributed by atoms with Crippen molar-refractivity contribution < 1.29 is 14.3 Å². The van der Waals surface area contributed by atoms with Crippen molar-refractivity contribution in [2.24, 2.45) is 0 Å². The van der Waals surface area contributed by atoms with Gasteiger partial charge >= 0.3 is 0 Å². The van der Waals surface area contributed by atoms with E-state index in [2.05, 4.69) is 0 Å². The van der Waals surface area contributed by atoms with E-state index in [1.54, 1.807) is 26.3 Å². The van der Waals surface area contributed by atoms with Gasteiger partial charge in [-0.15, -0.1) is 0 Å². The lowest BCUT2D eigenvalue weighted by atomic mass is 10.0. The van der Waals surface area contributed by atoms with Crippen LogP contribution in [0.25, 0.3) is 0 Å².